The van der Waals surface area contributed by atoms with Crippen LogP contribution in [0.5, 0.6) is 0 Å². The molecule has 1 aliphatic rings. The fraction of sp³-hybridized carbons (Fsp3) is 0.500. The van der Waals surface area contributed by atoms with E-state index in [1.807, 2.05) is 18.3 Å². The number of halogens is 1. The smallest absolute Gasteiger partial charge is 0.113 e. The number of hydrogen-bond acceptors (Lipinski definition) is 2. The number of piperidine rings is 1. The average molecular weight is 264 g/mol. The third-order valence-corrected chi connectivity index (χ3v) is 4.11. The summed E-state index contributed by atoms with van der Waals surface area (Å²) in [6, 6.07) is 3.89. The summed E-state index contributed by atoms with van der Waals surface area (Å²) in [6.45, 7) is 2.40. The maximum Gasteiger partial charge on any atom is 0.113 e. The molecule has 18 heavy (non-hydrogen) atoms. The molecule has 0 N–H and O–H groups in total. The molecule has 0 radical (unpaired) electrons. The fourth-order valence-corrected chi connectivity index (χ4v) is 3.10. The summed E-state index contributed by atoms with van der Waals surface area (Å²) >= 11 is 6.17. The normalized spacial score (nSPS) is 21.6. The lowest BCUT2D eigenvalue weighted by Crippen LogP contribution is -2.33. The molecule has 0 bridgehead atoms. The Kier molecular flexibility index (Phi) is 3.27. The highest BCUT2D eigenvalue weighted by Crippen LogP contribution is 2.22. The van der Waals surface area contributed by atoms with Crippen molar-refractivity contribution in [2.24, 2.45) is 5.92 Å². The van der Waals surface area contributed by atoms with E-state index in [1.165, 1.54) is 25.9 Å². The highest BCUT2D eigenvalue weighted by Gasteiger charge is 2.19. The lowest BCUT2D eigenvalue weighted by Gasteiger charge is -2.29. The van der Waals surface area contributed by atoms with Crippen LogP contribution in [0.1, 0.15) is 18.7 Å². The number of aromatic nitrogens is 2. The molecule has 1 aliphatic heterocycles. The summed E-state index contributed by atoms with van der Waals surface area (Å²) in [4.78, 5) is 6.95. The van der Waals surface area contributed by atoms with Crippen molar-refractivity contribution in [2.45, 2.75) is 19.3 Å². The van der Waals surface area contributed by atoms with Gasteiger partial charge in [0.2, 0.25) is 0 Å². The van der Waals surface area contributed by atoms with Crippen molar-refractivity contribution in [3.8, 4) is 0 Å². The van der Waals surface area contributed by atoms with Gasteiger partial charge >= 0.3 is 0 Å². The van der Waals surface area contributed by atoms with Gasteiger partial charge in [0.25, 0.3) is 0 Å². The lowest BCUT2D eigenvalue weighted by atomic mass is 9.95. The average Bonchev–Trinajstić information content (AvgIpc) is 2.74. The zero-order chi connectivity index (χ0) is 12.5. The number of imidazole rings is 1. The number of likely N-dealkylation sites (tertiary alicyclic amines) is 1. The van der Waals surface area contributed by atoms with Gasteiger partial charge < -0.3 is 9.30 Å². The third-order valence-electron chi connectivity index (χ3n) is 3.79. The van der Waals surface area contributed by atoms with Crippen LogP contribution in [0.3, 0.4) is 0 Å². The molecule has 0 aliphatic carbocycles. The van der Waals surface area contributed by atoms with Gasteiger partial charge in [-0.05, 0) is 44.5 Å². The van der Waals surface area contributed by atoms with Crippen LogP contribution in [0, 0.1) is 5.92 Å². The maximum atomic E-state index is 6.17. The van der Waals surface area contributed by atoms with E-state index in [0.717, 1.165) is 22.8 Å². The summed E-state index contributed by atoms with van der Waals surface area (Å²) < 4.78 is 2.12. The molecule has 0 saturated carbocycles. The Morgan fingerprint density at radius 2 is 2.39 bits per heavy atom. The predicted molar refractivity (Wildman–Crippen MR) is 74.1 cm³/mol. The zero-order valence-corrected chi connectivity index (χ0v) is 11.4. The number of pyridine rings is 1. The SMILES string of the molecule is CN1CCCC(Cc2ncc3c(Cl)cccn23)C1. The van der Waals surface area contributed by atoms with Gasteiger partial charge in [0.15, 0.2) is 0 Å². The second-order valence-electron chi connectivity index (χ2n) is 5.26. The van der Waals surface area contributed by atoms with Gasteiger partial charge in [0.1, 0.15) is 5.82 Å². The minimum atomic E-state index is 0.716. The molecular formula is C14H18ClN3. The number of hydrogen-bond donors (Lipinski definition) is 0. The van der Waals surface area contributed by atoms with Crippen LogP contribution in [-0.2, 0) is 6.42 Å². The van der Waals surface area contributed by atoms with Crippen LogP contribution < -0.4 is 0 Å². The van der Waals surface area contributed by atoms with Gasteiger partial charge in [-0.3, -0.25) is 0 Å². The largest absolute Gasteiger partial charge is 0.306 e. The molecule has 0 amide bonds. The first kappa shape index (κ1) is 12.0. The van der Waals surface area contributed by atoms with E-state index in [-0.39, 0.29) is 0 Å². The maximum absolute atomic E-state index is 6.17. The quantitative estimate of drug-likeness (QED) is 0.831. The second kappa shape index (κ2) is 4.90. The zero-order valence-electron chi connectivity index (χ0n) is 10.6. The topological polar surface area (TPSA) is 20.5 Å². The summed E-state index contributed by atoms with van der Waals surface area (Å²) in [5.74, 6) is 1.85. The second-order valence-corrected chi connectivity index (χ2v) is 5.67. The van der Waals surface area contributed by atoms with E-state index >= 15 is 0 Å². The molecule has 96 valence electrons. The molecule has 0 spiro atoms. The highest BCUT2D eigenvalue weighted by molar-refractivity contribution is 6.33. The van der Waals surface area contributed by atoms with E-state index in [4.69, 9.17) is 11.6 Å². The van der Waals surface area contributed by atoms with E-state index in [0.29, 0.717) is 5.92 Å². The molecule has 2 aromatic heterocycles. The molecular weight excluding hydrogens is 246 g/mol. The van der Waals surface area contributed by atoms with E-state index in [2.05, 4.69) is 27.5 Å². The van der Waals surface area contributed by atoms with Crippen molar-refractivity contribution in [1.82, 2.24) is 14.3 Å². The van der Waals surface area contributed by atoms with Gasteiger partial charge in [-0.1, -0.05) is 11.6 Å². The molecule has 1 atom stereocenters. The summed E-state index contributed by atoms with van der Waals surface area (Å²) in [6.07, 6.45) is 7.57. The van der Waals surface area contributed by atoms with E-state index in [9.17, 15) is 0 Å². The van der Waals surface area contributed by atoms with Crippen LogP contribution in [-0.4, -0.2) is 34.4 Å². The van der Waals surface area contributed by atoms with Crippen molar-refractivity contribution in [3.63, 3.8) is 0 Å². The van der Waals surface area contributed by atoms with Crippen LogP contribution in [0.15, 0.2) is 24.5 Å². The van der Waals surface area contributed by atoms with E-state index < -0.39 is 0 Å². The molecule has 3 rings (SSSR count). The Morgan fingerprint density at radius 3 is 3.22 bits per heavy atom. The predicted octanol–water partition coefficient (Wildman–Crippen LogP) is 2.87. The molecule has 1 unspecified atom stereocenters. The van der Waals surface area contributed by atoms with Gasteiger partial charge in [0, 0.05) is 19.2 Å². The third kappa shape index (κ3) is 2.25. The van der Waals surface area contributed by atoms with Gasteiger partial charge in [-0.25, -0.2) is 4.98 Å². The Bertz CT molecular complexity index is 549. The first-order chi connectivity index (χ1) is 8.74. The molecule has 0 aromatic carbocycles. The molecule has 3 nitrogen and oxygen atoms in total. The summed E-state index contributed by atoms with van der Waals surface area (Å²) in [7, 11) is 2.20. The lowest BCUT2D eigenvalue weighted by molar-refractivity contribution is 0.207. The number of rotatable bonds is 2. The molecule has 1 fully saturated rings. The van der Waals surface area contributed by atoms with Crippen LogP contribution in [0.4, 0.5) is 0 Å². The van der Waals surface area contributed by atoms with Gasteiger partial charge in [-0.2, -0.15) is 0 Å². The Balaban J connectivity index is 1.84. The Labute approximate surface area is 112 Å². The van der Waals surface area contributed by atoms with E-state index in [1.54, 1.807) is 0 Å². The first-order valence-electron chi connectivity index (χ1n) is 6.53. The van der Waals surface area contributed by atoms with Gasteiger partial charge in [-0.15, -0.1) is 0 Å². The summed E-state index contributed by atoms with van der Waals surface area (Å²) in [5.41, 5.74) is 1.01. The molecule has 2 aromatic rings. The van der Waals surface area contributed by atoms with Crippen molar-refractivity contribution < 1.29 is 0 Å². The Morgan fingerprint density at radius 1 is 1.50 bits per heavy atom. The summed E-state index contributed by atoms with van der Waals surface area (Å²) in [5, 5.41) is 0.775. The monoisotopic (exact) mass is 263 g/mol. The molecule has 1 saturated heterocycles. The van der Waals surface area contributed by atoms with Crippen molar-refractivity contribution >= 4 is 17.1 Å². The highest BCUT2D eigenvalue weighted by atomic mass is 35.5. The van der Waals surface area contributed by atoms with Crippen molar-refractivity contribution in [3.05, 3.63) is 35.4 Å². The Hall–Kier alpha value is -1.06. The number of fused-ring (bicyclic) bond motifs is 1. The van der Waals surface area contributed by atoms with Crippen LogP contribution in [0.25, 0.3) is 5.52 Å². The molecule has 4 heteroatoms. The van der Waals surface area contributed by atoms with Crippen molar-refractivity contribution in [1.29, 1.82) is 0 Å². The van der Waals surface area contributed by atoms with Crippen molar-refractivity contribution in [2.75, 3.05) is 20.1 Å². The first-order valence-corrected chi connectivity index (χ1v) is 6.91. The fourth-order valence-electron chi connectivity index (χ4n) is 2.89. The number of nitrogens with zero attached hydrogens (tertiary/aromatic N) is 3. The minimum absolute atomic E-state index is 0.716. The molecule has 3 heterocycles. The standard InChI is InChI=1S/C14H18ClN3/c1-17-6-2-4-11(10-17)8-14-16-9-13-12(15)5-3-7-18(13)14/h3,5,7,9,11H,2,4,6,8,10H2,1H3. The minimum Gasteiger partial charge on any atom is -0.306 e. The van der Waals surface area contributed by atoms with Crippen LogP contribution in [0.2, 0.25) is 5.02 Å². The van der Waals surface area contributed by atoms with Crippen LogP contribution >= 0.6 is 11.6 Å². The van der Waals surface area contributed by atoms with Gasteiger partial charge in [0.05, 0.1) is 16.7 Å².